The standard InChI is InChI=1S/C20H19ClN4O4S/c1-3-28-18-10-19(29-4-2)17(25(26)27)9-14(18)11-22-24-20-23-16(12-30-20)13-5-7-15(21)8-6-13/h5-12H,3-4H2,1-2H3,(H,23,24)/b22-11-. The number of halogens is 1. The molecule has 0 aliphatic carbocycles. The van der Waals surface area contributed by atoms with Crippen molar-refractivity contribution in [2.24, 2.45) is 5.10 Å². The Kier molecular flexibility index (Phi) is 7.21. The topological polar surface area (TPSA) is 98.9 Å². The first-order valence-electron chi connectivity index (χ1n) is 9.10. The summed E-state index contributed by atoms with van der Waals surface area (Å²) in [6, 6.07) is 10.3. The van der Waals surface area contributed by atoms with Gasteiger partial charge in [-0.1, -0.05) is 23.7 Å². The average Bonchev–Trinajstić information content (AvgIpc) is 3.19. The van der Waals surface area contributed by atoms with Gasteiger partial charge >= 0.3 is 5.69 Å². The molecule has 3 rings (SSSR count). The second-order valence-corrected chi connectivity index (χ2v) is 7.19. The smallest absolute Gasteiger partial charge is 0.311 e. The molecule has 0 aliphatic heterocycles. The molecule has 0 fully saturated rings. The van der Waals surface area contributed by atoms with Gasteiger partial charge in [-0.3, -0.25) is 15.5 Å². The van der Waals surface area contributed by atoms with Crippen LogP contribution >= 0.6 is 22.9 Å². The van der Waals surface area contributed by atoms with Crippen molar-refractivity contribution in [3.63, 3.8) is 0 Å². The molecule has 10 heteroatoms. The molecule has 0 aliphatic rings. The first kappa shape index (κ1) is 21.5. The summed E-state index contributed by atoms with van der Waals surface area (Å²) in [4.78, 5) is 15.4. The van der Waals surface area contributed by atoms with E-state index in [1.54, 1.807) is 19.1 Å². The molecule has 0 saturated carbocycles. The molecule has 0 radical (unpaired) electrons. The number of aromatic nitrogens is 1. The fourth-order valence-electron chi connectivity index (χ4n) is 2.60. The highest BCUT2D eigenvalue weighted by atomic mass is 35.5. The van der Waals surface area contributed by atoms with Crippen molar-refractivity contribution in [1.29, 1.82) is 0 Å². The van der Waals surface area contributed by atoms with E-state index in [1.807, 2.05) is 24.4 Å². The van der Waals surface area contributed by atoms with Gasteiger partial charge in [-0.15, -0.1) is 11.3 Å². The van der Waals surface area contributed by atoms with Crippen molar-refractivity contribution in [3.8, 4) is 22.8 Å². The highest BCUT2D eigenvalue weighted by molar-refractivity contribution is 7.14. The van der Waals surface area contributed by atoms with Crippen LogP contribution in [0.4, 0.5) is 10.8 Å². The van der Waals surface area contributed by atoms with Gasteiger partial charge in [0.25, 0.3) is 0 Å². The summed E-state index contributed by atoms with van der Waals surface area (Å²) >= 11 is 7.30. The van der Waals surface area contributed by atoms with Crippen LogP contribution in [0.5, 0.6) is 11.5 Å². The van der Waals surface area contributed by atoms with Gasteiger partial charge in [-0.2, -0.15) is 5.10 Å². The highest BCUT2D eigenvalue weighted by Crippen LogP contribution is 2.34. The molecule has 0 saturated heterocycles. The molecule has 0 spiro atoms. The normalized spacial score (nSPS) is 10.9. The first-order chi connectivity index (χ1) is 14.5. The Morgan fingerprint density at radius 1 is 1.20 bits per heavy atom. The summed E-state index contributed by atoms with van der Waals surface area (Å²) in [6.45, 7) is 4.29. The van der Waals surface area contributed by atoms with E-state index in [2.05, 4.69) is 15.5 Å². The summed E-state index contributed by atoms with van der Waals surface area (Å²) in [7, 11) is 0. The molecule has 0 amide bonds. The highest BCUT2D eigenvalue weighted by Gasteiger charge is 2.19. The van der Waals surface area contributed by atoms with Crippen LogP contribution in [0, 0.1) is 10.1 Å². The van der Waals surface area contributed by atoms with Crippen molar-refractivity contribution >= 4 is 40.0 Å². The van der Waals surface area contributed by atoms with Gasteiger partial charge in [0, 0.05) is 33.7 Å². The zero-order valence-electron chi connectivity index (χ0n) is 16.3. The number of thiazole rings is 1. The number of nitro benzene ring substituents is 1. The third-order valence-electron chi connectivity index (χ3n) is 3.90. The van der Waals surface area contributed by atoms with Gasteiger partial charge in [-0.05, 0) is 26.0 Å². The lowest BCUT2D eigenvalue weighted by atomic mass is 10.1. The molecule has 0 bridgehead atoms. The van der Waals surface area contributed by atoms with Crippen LogP contribution in [-0.2, 0) is 0 Å². The molecule has 3 aromatic rings. The van der Waals surface area contributed by atoms with Crippen LogP contribution in [0.1, 0.15) is 19.4 Å². The number of rotatable bonds is 9. The Morgan fingerprint density at radius 2 is 1.90 bits per heavy atom. The fraction of sp³-hybridized carbons (Fsp3) is 0.200. The monoisotopic (exact) mass is 446 g/mol. The summed E-state index contributed by atoms with van der Waals surface area (Å²) in [5.41, 5.74) is 4.88. The van der Waals surface area contributed by atoms with Crippen LogP contribution in [0.15, 0.2) is 46.9 Å². The summed E-state index contributed by atoms with van der Waals surface area (Å²) in [6.07, 6.45) is 1.46. The summed E-state index contributed by atoms with van der Waals surface area (Å²) in [5.74, 6) is 0.599. The molecule has 0 unspecified atom stereocenters. The van der Waals surface area contributed by atoms with Crippen LogP contribution < -0.4 is 14.9 Å². The van der Waals surface area contributed by atoms with E-state index in [0.717, 1.165) is 11.3 Å². The molecular weight excluding hydrogens is 428 g/mol. The van der Waals surface area contributed by atoms with Crippen molar-refractivity contribution < 1.29 is 14.4 Å². The van der Waals surface area contributed by atoms with E-state index < -0.39 is 4.92 Å². The molecule has 156 valence electrons. The quantitative estimate of drug-likeness (QED) is 0.260. The van der Waals surface area contributed by atoms with E-state index in [9.17, 15) is 10.1 Å². The van der Waals surface area contributed by atoms with Crippen LogP contribution in [0.25, 0.3) is 11.3 Å². The fourth-order valence-corrected chi connectivity index (χ4v) is 3.39. The number of hydrogen-bond donors (Lipinski definition) is 1. The molecule has 8 nitrogen and oxygen atoms in total. The van der Waals surface area contributed by atoms with E-state index in [0.29, 0.717) is 34.7 Å². The molecular formula is C20H19ClN4O4S. The Labute approximate surface area is 182 Å². The molecule has 0 atom stereocenters. The van der Waals surface area contributed by atoms with Gasteiger partial charge in [0.2, 0.25) is 10.9 Å². The minimum Gasteiger partial charge on any atom is -0.493 e. The van der Waals surface area contributed by atoms with E-state index in [1.165, 1.54) is 29.7 Å². The summed E-state index contributed by atoms with van der Waals surface area (Å²) < 4.78 is 11.0. The maximum absolute atomic E-state index is 11.4. The summed E-state index contributed by atoms with van der Waals surface area (Å²) in [5, 5.41) is 18.7. The minimum atomic E-state index is -0.495. The average molecular weight is 447 g/mol. The zero-order chi connectivity index (χ0) is 21.5. The molecule has 1 N–H and O–H groups in total. The third-order valence-corrected chi connectivity index (χ3v) is 4.89. The van der Waals surface area contributed by atoms with Gasteiger partial charge in [0.1, 0.15) is 5.75 Å². The van der Waals surface area contributed by atoms with Gasteiger partial charge in [-0.25, -0.2) is 4.98 Å². The molecule has 2 aromatic carbocycles. The number of nitrogens with zero attached hydrogens (tertiary/aromatic N) is 3. The zero-order valence-corrected chi connectivity index (χ0v) is 17.9. The van der Waals surface area contributed by atoms with Gasteiger partial charge in [0.05, 0.1) is 30.0 Å². The molecule has 1 aromatic heterocycles. The largest absolute Gasteiger partial charge is 0.493 e. The predicted octanol–water partition coefficient (Wildman–Crippen LogP) is 5.62. The Hall–Kier alpha value is -3.17. The first-order valence-corrected chi connectivity index (χ1v) is 10.4. The lowest BCUT2D eigenvalue weighted by molar-refractivity contribution is -0.385. The number of anilines is 1. The number of hydrazone groups is 1. The number of ether oxygens (including phenoxy) is 2. The lowest BCUT2D eigenvalue weighted by Crippen LogP contribution is -2.03. The van der Waals surface area contributed by atoms with E-state index in [4.69, 9.17) is 21.1 Å². The van der Waals surface area contributed by atoms with Gasteiger partial charge in [0.15, 0.2) is 0 Å². The Balaban J connectivity index is 1.80. The van der Waals surface area contributed by atoms with Gasteiger partial charge < -0.3 is 9.47 Å². The number of hydrogen-bond acceptors (Lipinski definition) is 8. The second-order valence-electron chi connectivity index (χ2n) is 5.90. The molecule has 30 heavy (non-hydrogen) atoms. The van der Waals surface area contributed by atoms with Crippen LogP contribution in [0.2, 0.25) is 5.02 Å². The molecule has 1 heterocycles. The second kappa shape index (κ2) is 10.0. The van der Waals surface area contributed by atoms with Crippen molar-refractivity contribution in [3.05, 3.63) is 62.5 Å². The Bertz CT molecular complexity index is 1050. The minimum absolute atomic E-state index is 0.152. The third kappa shape index (κ3) is 5.25. The number of nitro groups is 1. The van der Waals surface area contributed by atoms with Crippen molar-refractivity contribution in [2.75, 3.05) is 18.6 Å². The maximum Gasteiger partial charge on any atom is 0.311 e. The number of benzene rings is 2. The maximum atomic E-state index is 11.4. The van der Waals surface area contributed by atoms with E-state index >= 15 is 0 Å². The number of nitrogens with one attached hydrogen (secondary N) is 1. The van der Waals surface area contributed by atoms with Crippen molar-refractivity contribution in [2.45, 2.75) is 13.8 Å². The van der Waals surface area contributed by atoms with Crippen LogP contribution in [-0.4, -0.2) is 29.3 Å². The Morgan fingerprint density at radius 3 is 2.57 bits per heavy atom. The lowest BCUT2D eigenvalue weighted by Gasteiger charge is -2.10. The van der Waals surface area contributed by atoms with Crippen LogP contribution in [0.3, 0.4) is 0 Å². The predicted molar refractivity (Wildman–Crippen MR) is 119 cm³/mol. The SMILES string of the molecule is CCOc1cc(OCC)c([N+](=O)[O-])cc1/C=N\Nc1nc(-c2ccc(Cl)cc2)cs1. The van der Waals surface area contributed by atoms with E-state index in [-0.39, 0.29) is 11.4 Å². The van der Waals surface area contributed by atoms with Crippen molar-refractivity contribution in [1.82, 2.24) is 4.98 Å².